The van der Waals surface area contributed by atoms with Gasteiger partial charge in [0.05, 0.1) is 12.7 Å². The third-order valence-electron chi connectivity index (χ3n) is 1.94. The molecule has 0 spiro atoms. The number of ether oxygens (including phenoxy) is 1. The Labute approximate surface area is 91.4 Å². The van der Waals surface area contributed by atoms with Crippen LogP contribution in [0.5, 0.6) is 0 Å². The summed E-state index contributed by atoms with van der Waals surface area (Å²) in [5, 5.41) is 9.08. The maximum absolute atomic E-state index is 13.1. The van der Waals surface area contributed by atoms with Gasteiger partial charge in [0.1, 0.15) is 0 Å². The molecule has 0 amide bonds. The Morgan fingerprint density at radius 3 is 1.71 bits per heavy atom. The lowest BCUT2D eigenvalue weighted by atomic mass is 10.1. The van der Waals surface area contributed by atoms with Crippen LogP contribution in [0.25, 0.3) is 0 Å². The van der Waals surface area contributed by atoms with E-state index in [1.807, 2.05) is 0 Å². The van der Waals surface area contributed by atoms with Crippen LogP contribution in [-0.2, 0) is 9.53 Å². The van der Waals surface area contributed by atoms with Crippen LogP contribution in [0.1, 0.15) is 11.7 Å². The zero-order valence-corrected chi connectivity index (χ0v) is 8.23. The number of hydrogen-bond acceptors (Lipinski definition) is 3. The number of methoxy groups -OCH3 is 1. The zero-order valence-electron chi connectivity index (χ0n) is 8.23. The molecule has 1 atom stereocenters. The van der Waals surface area contributed by atoms with Crippen LogP contribution in [0, 0.1) is 29.1 Å². The van der Waals surface area contributed by atoms with Crippen LogP contribution in [-0.4, -0.2) is 18.2 Å². The van der Waals surface area contributed by atoms with Crippen LogP contribution < -0.4 is 0 Å². The highest BCUT2D eigenvalue weighted by molar-refractivity contribution is 5.76. The molecule has 0 aliphatic heterocycles. The Morgan fingerprint density at radius 2 is 1.35 bits per heavy atom. The van der Waals surface area contributed by atoms with Gasteiger partial charge in [-0.05, 0) is 0 Å². The van der Waals surface area contributed by atoms with Crippen molar-refractivity contribution in [2.24, 2.45) is 0 Å². The molecule has 0 saturated heterocycles. The molecule has 94 valence electrons. The van der Waals surface area contributed by atoms with E-state index in [2.05, 4.69) is 4.74 Å². The number of hydrogen-bond donors (Lipinski definition) is 1. The maximum Gasteiger partial charge on any atom is 0.339 e. The molecule has 8 heteroatoms. The summed E-state index contributed by atoms with van der Waals surface area (Å²) in [5.74, 6) is -13.0. The molecular weight excluding hydrogens is 251 g/mol. The van der Waals surface area contributed by atoms with E-state index in [0.29, 0.717) is 0 Å². The minimum Gasteiger partial charge on any atom is -0.467 e. The number of benzene rings is 1. The van der Waals surface area contributed by atoms with E-state index in [1.54, 1.807) is 0 Å². The van der Waals surface area contributed by atoms with Crippen LogP contribution in [0.3, 0.4) is 0 Å². The highest BCUT2D eigenvalue weighted by atomic mass is 19.2. The van der Waals surface area contributed by atoms with Crippen molar-refractivity contribution >= 4 is 5.97 Å². The first-order valence-corrected chi connectivity index (χ1v) is 4.10. The standard InChI is InChI=1S/C9H5F5O3/c1-17-9(16)8(15)2-3(10)5(12)7(14)6(13)4(2)11/h8,15H,1H3. The average molecular weight is 256 g/mol. The monoisotopic (exact) mass is 256 g/mol. The van der Waals surface area contributed by atoms with Gasteiger partial charge < -0.3 is 9.84 Å². The van der Waals surface area contributed by atoms with Crippen LogP contribution >= 0.6 is 0 Å². The number of carbonyl (C=O) groups is 1. The zero-order chi connectivity index (χ0) is 13.3. The Bertz CT molecular complexity index is 445. The van der Waals surface area contributed by atoms with Crippen molar-refractivity contribution in [3.63, 3.8) is 0 Å². The fourth-order valence-electron chi connectivity index (χ4n) is 1.09. The third-order valence-corrected chi connectivity index (χ3v) is 1.94. The lowest BCUT2D eigenvalue weighted by Gasteiger charge is -2.12. The lowest BCUT2D eigenvalue weighted by molar-refractivity contribution is -0.151. The topological polar surface area (TPSA) is 46.5 Å². The SMILES string of the molecule is COC(=O)C(O)c1c(F)c(F)c(F)c(F)c1F. The van der Waals surface area contributed by atoms with E-state index in [4.69, 9.17) is 5.11 Å². The number of esters is 1. The molecule has 0 aromatic heterocycles. The van der Waals surface area contributed by atoms with Gasteiger partial charge in [0.15, 0.2) is 29.4 Å². The van der Waals surface area contributed by atoms with E-state index in [1.165, 1.54) is 0 Å². The first kappa shape index (κ1) is 13.4. The van der Waals surface area contributed by atoms with Gasteiger partial charge >= 0.3 is 5.97 Å². The Morgan fingerprint density at radius 1 is 1.00 bits per heavy atom. The predicted molar refractivity (Wildman–Crippen MR) is 43.2 cm³/mol. The summed E-state index contributed by atoms with van der Waals surface area (Å²) in [5.41, 5.74) is -1.65. The highest BCUT2D eigenvalue weighted by Crippen LogP contribution is 2.28. The van der Waals surface area contributed by atoms with Gasteiger partial charge in [-0.3, -0.25) is 0 Å². The number of rotatable bonds is 2. The lowest BCUT2D eigenvalue weighted by Crippen LogP contribution is -2.19. The van der Waals surface area contributed by atoms with E-state index in [9.17, 15) is 26.7 Å². The van der Waals surface area contributed by atoms with Gasteiger partial charge in [-0.15, -0.1) is 0 Å². The molecule has 1 aromatic carbocycles. The molecule has 0 bridgehead atoms. The van der Waals surface area contributed by atoms with Gasteiger partial charge in [-0.1, -0.05) is 0 Å². The minimum atomic E-state index is -2.59. The molecule has 3 nitrogen and oxygen atoms in total. The molecule has 0 fully saturated rings. The average Bonchev–Trinajstić information content (AvgIpc) is 2.32. The molecule has 1 N–H and O–H groups in total. The summed E-state index contributed by atoms with van der Waals surface area (Å²) in [4.78, 5) is 10.8. The molecule has 1 aromatic rings. The summed E-state index contributed by atoms with van der Waals surface area (Å²) in [6.07, 6.45) is -2.59. The molecule has 0 heterocycles. The summed E-state index contributed by atoms with van der Waals surface area (Å²) in [6, 6.07) is 0. The van der Waals surface area contributed by atoms with Crippen molar-refractivity contribution in [3.8, 4) is 0 Å². The van der Waals surface area contributed by atoms with Gasteiger partial charge in [-0.2, -0.15) is 0 Å². The van der Waals surface area contributed by atoms with Crippen molar-refractivity contribution in [3.05, 3.63) is 34.6 Å². The van der Waals surface area contributed by atoms with Crippen LogP contribution in [0.15, 0.2) is 0 Å². The molecular formula is C9H5F5O3. The summed E-state index contributed by atoms with van der Waals surface area (Å²) >= 11 is 0. The van der Waals surface area contributed by atoms with Gasteiger partial charge in [0, 0.05) is 0 Å². The van der Waals surface area contributed by atoms with Gasteiger partial charge in [-0.25, -0.2) is 26.7 Å². The largest absolute Gasteiger partial charge is 0.467 e. The fourth-order valence-corrected chi connectivity index (χ4v) is 1.09. The number of aliphatic hydroxyl groups is 1. The Balaban J connectivity index is 3.49. The van der Waals surface area contributed by atoms with E-state index in [0.717, 1.165) is 7.11 Å². The second-order valence-electron chi connectivity index (χ2n) is 2.91. The van der Waals surface area contributed by atoms with Crippen molar-refractivity contribution < 1.29 is 36.6 Å². The van der Waals surface area contributed by atoms with Gasteiger partial charge in [0.2, 0.25) is 5.82 Å². The number of halogens is 5. The van der Waals surface area contributed by atoms with E-state index >= 15 is 0 Å². The first-order valence-electron chi connectivity index (χ1n) is 4.10. The summed E-state index contributed by atoms with van der Waals surface area (Å²) in [7, 11) is 0.775. The molecule has 0 saturated carbocycles. The second kappa shape index (κ2) is 4.66. The fraction of sp³-hybridized carbons (Fsp3) is 0.222. The van der Waals surface area contributed by atoms with Crippen molar-refractivity contribution in [1.82, 2.24) is 0 Å². The maximum atomic E-state index is 13.1. The van der Waals surface area contributed by atoms with Crippen molar-refractivity contribution in [1.29, 1.82) is 0 Å². The summed E-state index contributed by atoms with van der Waals surface area (Å²) < 4.78 is 68.1. The molecule has 0 aliphatic rings. The van der Waals surface area contributed by atoms with Crippen molar-refractivity contribution in [2.75, 3.05) is 7.11 Å². The smallest absolute Gasteiger partial charge is 0.339 e. The predicted octanol–water partition coefficient (Wildman–Crippen LogP) is 1.59. The Hall–Kier alpha value is -1.70. The minimum absolute atomic E-state index is 0.775. The van der Waals surface area contributed by atoms with E-state index < -0.39 is 46.7 Å². The number of carbonyl (C=O) groups excluding carboxylic acids is 1. The molecule has 1 rings (SSSR count). The second-order valence-corrected chi connectivity index (χ2v) is 2.91. The van der Waals surface area contributed by atoms with E-state index in [-0.39, 0.29) is 0 Å². The third kappa shape index (κ3) is 2.07. The van der Waals surface area contributed by atoms with Crippen molar-refractivity contribution in [2.45, 2.75) is 6.10 Å². The first-order chi connectivity index (χ1) is 7.82. The summed E-state index contributed by atoms with van der Waals surface area (Å²) in [6.45, 7) is 0. The van der Waals surface area contributed by atoms with Gasteiger partial charge in [0.25, 0.3) is 0 Å². The highest BCUT2D eigenvalue weighted by Gasteiger charge is 2.33. The normalized spacial score (nSPS) is 12.4. The molecule has 0 aliphatic carbocycles. The molecule has 1 unspecified atom stereocenters. The molecule has 0 radical (unpaired) electrons. The van der Waals surface area contributed by atoms with Crippen LogP contribution in [0.4, 0.5) is 22.0 Å². The Kier molecular flexibility index (Phi) is 3.66. The number of aliphatic hydroxyl groups excluding tert-OH is 1. The van der Waals surface area contributed by atoms with Crippen LogP contribution in [0.2, 0.25) is 0 Å². The quantitative estimate of drug-likeness (QED) is 0.378. The molecule has 17 heavy (non-hydrogen) atoms.